The summed E-state index contributed by atoms with van der Waals surface area (Å²) in [4.78, 5) is 11.3. The van der Waals surface area contributed by atoms with Crippen LogP contribution in [0.15, 0.2) is 0 Å². The van der Waals surface area contributed by atoms with Crippen molar-refractivity contribution in [1.82, 2.24) is 10.6 Å². The van der Waals surface area contributed by atoms with E-state index in [4.69, 9.17) is 12.2 Å². The van der Waals surface area contributed by atoms with Crippen molar-refractivity contribution in [2.45, 2.75) is 13.0 Å². The molecule has 2 N–H and O–H groups in total. The largest absolute Gasteiger partial charge is 0.369 e. The zero-order valence-corrected chi connectivity index (χ0v) is 5.92. The summed E-state index contributed by atoms with van der Waals surface area (Å²) in [5.41, 5.74) is 0. The Bertz CT molecular complexity index is 157. The van der Waals surface area contributed by atoms with Crippen LogP contribution in [0.1, 0.15) is 6.92 Å². The molecule has 1 rings (SSSR count). The number of piperazine rings is 1. The second-order valence-corrected chi connectivity index (χ2v) is 2.45. The normalized spacial score (nSPS) is 27.0. The molecule has 3 nitrogen and oxygen atoms in total. The van der Waals surface area contributed by atoms with Crippen LogP contribution in [-0.2, 0) is 4.79 Å². The van der Waals surface area contributed by atoms with Crippen molar-refractivity contribution < 1.29 is 4.79 Å². The zero-order chi connectivity index (χ0) is 6.85. The van der Waals surface area contributed by atoms with E-state index in [1.807, 2.05) is 6.92 Å². The molecule has 0 bridgehead atoms. The SMILES string of the molecule is CC1NC(=O)CNC1=S. The Morgan fingerprint density at radius 1 is 1.78 bits per heavy atom. The number of rotatable bonds is 0. The highest BCUT2D eigenvalue weighted by Crippen LogP contribution is 1.89. The van der Waals surface area contributed by atoms with Crippen LogP contribution in [0.2, 0.25) is 0 Å². The molecular weight excluding hydrogens is 136 g/mol. The molecular formula is C5H8N2OS. The van der Waals surface area contributed by atoms with Gasteiger partial charge in [-0.15, -0.1) is 0 Å². The second kappa shape index (κ2) is 2.31. The van der Waals surface area contributed by atoms with Crippen molar-refractivity contribution in [3.05, 3.63) is 0 Å². The number of thiocarbonyl (C=S) groups is 1. The average molecular weight is 144 g/mol. The fraction of sp³-hybridized carbons (Fsp3) is 0.600. The highest BCUT2D eigenvalue weighted by molar-refractivity contribution is 7.80. The van der Waals surface area contributed by atoms with Crippen LogP contribution >= 0.6 is 12.2 Å². The minimum Gasteiger partial charge on any atom is -0.369 e. The molecule has 1 saturated heterocycles. The standard InChI is InChI=1S/C5H8N2OS/c1-3-5(9)6-2-4(8)7-3/h3H,2H2,1H3,(H,6,9)(H,7,8). The predicted molar refractivity (Wildman–Crippen MR) is 38.2 cm³/mol. The van der Waals surface area contributed by atoms with E-state index >= 15 is 0 Å². The Hall–Kier alpha value is -0.640. The molecule has 1 aliphatic rings. The van der Waals surface area contributed by atoms with Crippen molar-refractivity contribution in [2.24, 2.45) is 0 Å². The fourth-order valence-electron chi connectivity index (χ4n) is 0.679. The molecule has 1 heterocycles. The number of amides is 1. The van der Waals surface area contributed by atoms with Gasteiger partial charge in [0.15, 0.2) is 0 Å². The third-order valence-electron chi connectivity index (χ3n) is 1.19. The zero-order valence-electron chi connectivity index (χ0n) is 5.10. The highest BCUT2D eigenvalue weighted by atomic mass is 32.1. The molecule has 0 aromatic heterocycles. The van der Waals surface area contributed by atoms with Gasteiger partial charge < -0.3 is 10.6 Å². The van der Waals surface area contributed by atoms with Crippen LogP contribution in [0, 0.1) is 0 Å². The second-order valence-electron chi connectivity index (χ2n) is 2.01. The fourth-order valence-corrected chi connectivity index (χ4v) is 0.810. The molecule has 0 saturated carbocycles. The maximum atomic E-state index is 10.6. The summed E-state index contributed by atoms with van der Waals surface area (Å²) >= 11 is 4.86. The summed E-state index contributed by atoms with van der Waals surface area (Å²) in [5, 5.41) is 5.49. The molecule has 0 aromatic rings. The molecule has 0 radical (unpaired) electrons. The van der Waals surface area contributed by atoms with E-state index in [9.17, 15) is 4.79 Å². The van der Waals surface area contributed by atoms with Crippen LogP contribution in [0.4, 0.5) is 0 Å². The van der Waals surface area contributed by atoms with Crippen LogP contribution in [0.5, 0.6) is 0 Å². The maximum Gasteiger partial charge on any atom is 0.239 e. The third kappa shape index (κ3) is 1.38. The van der Waals surface area contributed by atoms with Crippen LogP contribution in [-0.4, -0.2) is 23.5 Å². The number of nitrogens with one attached hydrogen (secondary N) is 2. The smallest absolute Gasteiger partial charge is 0.239 e. The van der Waals surface area contributed by atoms with Gasteiger partial charge in [0.1, 0.15) is 0 Å². The number of hydrogen-bond donors (Lipinski definition) is 2. The van der Waals surface area contributed by atoms with E-state index in [-0.39, 0.29) is 11.9 Å². The minimum atomic E-state index is 0.00116. The molecule has 50 valence electrons. The molecule has 0 aromatic carbocycles. The van der Waals surface area contributed by atoms with Crippen molar-refractivity contribution >= 4 is 23.1 Å². The van der Waals surface area contributed by atoms with Crippen molar-refractivity contribution in [1.29, 1.82) is 0 Å². The summed E-state index contributed by atoms with van der Waals surface area (Å²) in [6.07, 6.45) is 0. The van der Waals surface area contributed by atoms with Gasteiger partial charge in [-0.3, -0.25) is 4.79 Å². The Morgan fingerprint density at radius 3 is 2.89 bits per heavy atom. The first-order valence-electron chi connectivity index (χ1n) is 2.77. The van der Waals surface area contributed by atoms with E-state index in [0.29, 0.717) is 6.54 Å². The number of hydrogen-bond acceptors (Lipinski definition) is 2. The molecule has 0 spiro atoms. The minimum absolute atomic E-state index is 0.00116. The van der Waals surface area contributed by atoms with Gasteiger partial charge in [-0.2, -0.15) is 0 Å². The molecule has 1 atom stereocenters. The van der Waals surface area contributed by atoms with Crippen molar-refractivity contribution in [2.75, 3.05) is 6.54 Å². The first kappa shape index (κ1) is 6.48. The summed E-state index contributed by atoms with van der Waals surface area (Å²) < 4.78 is 0. The number of carbonyl (C=O) groups excluding carboxylic acids is 1. The van der Waals surface area contributed by atoms with E-state index in [1.165, 1.54) is 0 Å². The van der Waals surface area contributed by atoms with Gasteiger partial charge >= 0.3 is 0 Å². The van der Waals surface area contributed by atoms with Crippen molar-refractivity contribution in [3.63, 3.8) is 0 Å². The highest BCUT2D eigenvalue weighted by Gasteiger charge is 2.16. The quantitative estimate of drug-likeness (QED) is 0.447. The summed E-state index contributed by atoms with van der Waals surface area (Å²) in [6.45, 7) is 2.18. The van der Waals surface area contributed by atoms with Crippen LogP contribution in [0.3, 0.4) is 0 Å². The lowest BCUT2D eigenvalue weighted by Gasteiger charge is -2.21. The predicted octanol–water partition coefficient (Wildman–Crippen LogP) is -0.578. The maximum absolute atomic E-state index is 10.6. The third-order valence-corrected chi connectivity index (χ3v) is 1.69. The summed E-state index contributed by atoms with van der Waals surface area (Å²) in [5.74, 6) is 0.0103. The topological polar surface area (TPSA) is 41.1 Å². The lowest BCUT2D eigenvalue weighted by Crippen LogP contribution is -2.53. The average Bonchev–Trinajstić information content (AvgIpc) is 1.80. The first-order valence-corrected chi connectivity index (χ1v) is 3.18. The van der Waals surface area contributed by atoms with E-state index < -0.39 is 0 Å². The summed E-state index contributed by atoms with van der Waals surface area (Å²) in [6, 6.07) is 0.00116. The first-order chi connectivity index (χ1) is 4.20. The van der Waals surface area contributed by atoms with E-state index in [0.717, 1.165) is 4.99 Å². The van der Waals surface area contributed by atoms with Crippen LogP contribution < -0.4 is 10.6 Å². The molecule has 1 aliphatic heterocycles. The van der Waals surface area contributed by atoms with Crippen molar-refractivity contribution in [3.8, 4) is 0 Å². The van der Waals surface area contributed by atoms with E-state index in [1.54, 1.807) is 0 Å². The van der Waals surface area contributed by atoms with Gasteiger partial charge in [-0.1, -0.05) is 12.2 Å². The van der Waals surface area contributed by atoms with Gasteiger partial charge in [0.25, 0.3) is 0 Å². The molecule has 9 heavy (non-hydrogen) atoms. The molecule has 1 amide bonds. The van der Waals surface area contributed by atoms with Gasteiger partial charge in [-0.25, -0.2) is 0 Å². The van der Waals surface area contributed by atoms with Gasteiger partial charge in [0.2, 0.25) is 5.91 Å². The van der Waals surface area contributed by atoms with Crippen LogP contribution in [0.25, 0.3) is 0 Å². The molecule has 4 heteroatoms. The molecule has 0 aliphatic carbocycles. The van der Waals surface area contributed by atoms with E-state index in [2.05, 4.69) is 10.6 Å². The molecule has 1 unspecified atom stereocenters. The lowest BCUT2D eigenvalue weighted by molar-refractivity contribution is -0.120. The van der Waals surface area contributed by atoms with Gasteiger partial charge in [0, 0.05) is 0 Å². The Morgan fingerprint density at radius 2 is 2.44 bits per heavy atom. The monoisotopic (exact) mass is 144 g/mol. The lowest BCUT2D eigenvalue weighted by atomic mass is 10.3. The van der Waals surface area contributed by atoms with Gasteiger partial charge in [-0.05, 0) is 6.92 Å². The Kier molecular flexibility index (Phi) is 1.66. The van der Waals surface area contributed by atoms with Gasteiger partial charge in [0.05, 0.1) is 17.6 Å². The molecule has 1 fully saturated rings. The Balaban J connectivity index is 2.54. The Labute approximate surface area is 58.8 Å². The summed E-state index contributed by atoms with van der Waals surface area (Å²) in [7, 11) is 0. The number of carbonyl (C=O) groups is 1.